The van der Waals surface area contributed by atoms with Gasteiger partial charge in [-0.3, -0.25) is 4.79 Å². The van der Waals surface area contributed by atoms with Gasteiger partial charge in [0, 0.05) is 37.3 Å². The van der Waals surface area contributed by atoms with Crippen LogP contribution in [0.3, 0.4) is 0 Å². The molecule has 0 aliphatic carbocycles. The summed E-state index contributed by atoms with van der Waals surface area (Å²) in [7, 11) is 3.15. The van der Waals surface area contributed by atoms with Crippen LogP contribution in [0.1, 0.15) is 16.8 Å². The zero-order chi connectivity index (χ0) is 22.1. The number of rotatable bonds is 5. The van der Waals surface area contributed by atoms with Gasteiger partial charge in [-0.05, 0) is 24.6 Å². The van der Waals surface area contributed by atoms with Crippen molar-refractivity contribution in [3.63, 3.8) is 0 Å². The van der Waals surface area contributed by atoms with Crippen LogP contribution in [0.5, 0.6) is 11.5 Å². The molecular formula is C25H26N4O3. The molecule has 2 aliphatic heterocycles. The highest BCUT2D eigenvalue weighted by Crippen LogP contribution is 2.38. The standard InChI is InChI=1S/C25H26N4O3/c1-31-21-9-6-10-22(32-2)23(21)24(30)29-15-18-12-14-28(16-20(18)29)25-26-13-11-19(27-25)17-7-4-3-5-8-17/h3-11,13,18,20H,12,14-16H2,1-2H3. The van der Waals surface area contributed by atoms with Crippen molar-refractivity contribution in [2.24, 2.45) is 5.92 Å². The summed E-state index contributed by atoms with van der Waals surface area (Å²) in [4.78, 5) is 26.9. The van der Waals surface area contributed by atoms with Crippen molar-refractivity contribution in [2.45, 2.75) is 12.5 Å². The highest BCUT2D eigenvalue weighted by molar-refractivity contribution is 6.00. The normalized spacial score (nSPS) is 19.7. The molecule has 5 rings (SSSR count). The van der Waals surface area contributed by atoms with Gasteiger partial charge in [-0.25, -0.2) is 9.97 Å². The first-order valence-corrected chi connectivity index (χ1v) is 10.8. The number of amides is 1. The van der Waals surface area contributed by atoms with Crippen LogP contribution in [-0.2, 0) is 0 Å². The van der Waals surface area contributed by atoms with Crippen LogP contribution >= 0.6 is 0 Å². The van der Waals surface area contributed by atoms with E-state index in [4.69, 9.17) is 14.5 Å². The molecule has 2 unspecified atom stereocenters. The molecule has 1 amide bonds. The molecule has 0 N–H and O–H groups in total. The fourth-order valence-electron chi connectivity index (χ4n) is 4.69. The fraction of sp³-hybridized carbons (Fsp3) is 0.320. The third-order valence-electron chi connectivity index (χ3n) is 6.45. The number of likely N-dealkylation sites (tertiary alicyclic amines) is 1. The lowest BCUT2D eigenvalue weighted by atomic mass is 9.81. The SMILES string of the molecule is COc1cccc(OC)c1C(=O)N1CC2CCN(c3nccc(-c4ccccc4)n3)CC21. The number of piperidine rings is 1. The van der Waals surface area contributed by atoms with Gasteiger partial charge < -0.3 is 19.3 Å². The maximum absolute atomic E-state index is 13.4. The molecule has 0 radical (unpaired) electrons. The second-order valence-electron chi connectivity index (χ2n) is 8.17. The van der Waals surface area contributed by atoms with Crippen LogP contribution in [0, 0.1) is 5.92 Å². The van der Waals surface area contributed by atoms with E-state index in [1.165, 1.54) is 0 Å². The van der Waals surface area contributed by atoms with E-state index < -0.39 is 0 Å². The van der Waals surface area contributed by atoms with Crippen molar-refractivity contribution in [1.82, 2.24) is 14.9 Å². The Morgan fingerprint density at radius 2 is 1.72 bits per heavy atom. The molecule has 1 aromatic heterocycles. The quantitative estimate of drug-likeness (QED) is 0.617. The third-order valence-corrected chi connectivity index (χ3v) is 6.45. The van der Waals surface area contributed by atoms with Gasteiger partial charge in [0.15, 0.2) is 0 Å². The minimum absolute atomic E-state index is 0.0543. The zero-order valence-corrected chi connectivity index (χ0v) is 18.3. The van der Waals surface area contributed by atoms with Crippen molar-refractivity contribution in [3.05, 3.63) is 66.4 Å². The van der Waals surface area contributed by atoms with E-state index in [0.717, 1.165) is 30.8 Å². The van der Waals surface area contributed by atoms with E-state index in [-0.39, 0.29) is 11.9 Å². The molecule has 2 aliphatic rings. The Morgan fingerprint density at radius 1 is 0.969 bits per heavy atom. The van der Waals surface area contributed by atoms with Crippen LogP contribution in [0.2, 0.25) is 0 Å². The summed E-state index contributed by atoms with van der Waals surface area (Å²) >= 11 is 0. The Balaban J connectivity index is 1.37. The number of methoxy groups -OCH3 is 2. The monoisotopic (exact) mass is 430 g/mol. The zero-order valence-electron chi connectivity index (χ0n) is 18.3. The van der Waals surface area contributed by atoms with Gasteiger partial charge in [-0.2, -0.15) is 0 Å². The van der Waals surface area contributed by atoms with Crippen molar-refractivity contribution in [3.8, 4) is 22.8 Å². The molecule has 2 atom stereocenters. The molecule has 164 valence electrons. The van der Waals surface area contributed by atoms with Gasteiger partial charge >= 0.3 is 0 Å². The minimum Gasteiger partial charge on any atom is -0.496 e. The van der Waals surface area contributed by atoms with Crippen LogP contribution in [0.25, 0.3) is 11.3 Å². The van der Waals surface area contributed by atoms with Gasteiger partial charge in [-0.1, -0.05) is 36.4 Å². The number of fused-ring (bicyclic) bond motifs is 1. The molecule has 3 aromatic rings. The average molecular weight is 431 g/mol. The number of aromatic nitrogens is 2. The molecular weight excluding hydrogens is 404 g/mol. The molecule has 0 spiro atoms. The molecule has 0 saturated carbocycles. The number of nitrogens with zero attached hydrogens (tertiary/aromatic N) is 4. The van der Waals surface area contributed by atoms with Crippen LogP contribution in [-0.4, -0.2) is 60.7 Å². The predicted molar refractivity (Wildman–Crippen MR) is 122 cm³/mol. The Bertz CT molecular complexity index is 1100. The minimum atomic E-state index is -0.0543. The number of carbonyl (C=O) groups excluding carboxylic acids is 1. The molecule has 7 nitrogen and oxygen atoms in total. The molecule has 2 aromatic carbocycles. The first kappa shape index (κ1) is 20.3. The van der Waals surface area contributed by atoms with Gasteiger partial charge in [0.1, 0.15) is 17.1 Å². The van der Waals surface area contributed by atoms with Gasteiger partial charge in [-0.15, -0.1) is 0 Å². The van der Waals surface area contributed by atoms with Crippen molar-refractivity contribution < 1.29 is 14.3 Å². The largest absolute Gasteiger partial charge is 0.496 e. The van der Waals surface area contributed by atoms with Crippen LogP contribution < -0.4 is 14.4 Å². The van der Waals surface area contributed by atoms with Crippen molar-refractivity contribution in [1.29, 1.82) is 0 Å². The number of hydrogen-bond acceptors (Lipinski definition) is 6. The summed E-state index contributed by atoms with van der Waals surface area (Å²) < 4.78 is 10.9. The number of hydrogen-bond donors (Lipinski definition) is 0. The van der Waals surface area contributed by atoms with E-state index in [1.807, 2.05) is 47.4 Å². The number of carbonyl (C=O) groups is 1. The van der Waals surface area contributed by atoms with Gasteiger partial charge in [0.2, 0.25) is 5.95 Å². The number of ether oxygens (including phenoxy) is 2. The maximum Gasteiger partial charge on any atom is 0.261 e. The molecule has 0 bridgehead atoms. The Labute approximate surface area is 187 Å². The van der Waals surface area contributed by atoms with Crippen LogP contribution in [0.4, 0.5) is 5.95 Å². The first-order valence-electron chi connectivity index (χ1n) is 10.8. The Hall–Kier alpha value is -3.61. The fourth-order valence-corrected chi connectivity index (χ4v) is 4.69. The molecule has 32 heavy (non-hydrogen) atoms. The second kappa shape index (κ2) is 8.49. The average Bonchev–Trinajstić information content (AvgIpc) is 2.84. The summed E-state index contributed by atoms with van der Waals surface area (Å²) in [5, 5.41) is 0. The second-order valence-corrected chi connectivity index (χ2v) is 8.17. The predicted octanol–water partition coefficient (Wildman–Crippen LogP) is 3.51. The topological polar surface area (TPSA) is 67.8 Å². The summed E-state index contributed by atoms with van der Waals surface area (Å²) in [5.74, 6) is 2.21. The molecule has 7 heteroatoms. The molecule has 2 saturated heterocycles. The van der Waals surface area contributed by atoms with E-state index in [2.05, 4.69) is 9.88 Å². The van der Waals surface area contributed by atoms with E-state index >= 15 is 0 Å². The third kappa shape index (κ3) is 3.53. The Kier molecular flexibility index (Phi) is 5.39. The van der Waals surface area contributed by atoms with Gasteiger partial charge in [0.05, 0.1) is 26.0 Å². The lowest BCUT2D eigenvalue weighted by Gasteiger charge is -2.53. The van der Waals surface area contributed by atoms with E-state index in [0.29, 0.717) is 35.5 Å². The van der Waals surface area contributed by atoms with Crippen molar-refractivity contribution >= 4 is 11.9 Å². The highest BCUT2D eigenvalue weighted by Gasteiger charge is 2.46. The summed E-state index contributed by atoms with van der Waals surface area (Å²) in [6.07, 6.45) is 2.82. The van der Waals surface area contributed by atoms with E-state index in [1.54, 1.807) is 32.5 Å². The first-order chi connectivity index (χ1) is 15.7. The molecule has 3 heterocycles. The lowest BCUT2D eigenvalue weighted by Crippen LogP contribution is -2.66. The Morgan fingerprint density at radius 3 is 2.44 bits per heavy atom. The number of anilines is 1. The smallest absolute Gasteiger partial charge is 0.261 e. The van der Waals surface area contributed by atoms with E-state index in [9.17, 15) is 4.79 Å². The van der Waals surface area contributed by atoms with Crippen molar-refractivity contribution in [2.75, 3.05) is 38.8 Å². The number of benzene rings is 2. The maximum atomic E-state index is 13.4. The van der Waals surface area contributed by atoms with Crippen LogP contribution in [0.15, 0.2) is 60.8 Å². The lowest BCUT2D eigenvalue weighted by molar-refractivity contribution is 0.00721. The van der Waals surface area contributed by atoms with Gasteiger partial charge in [0.25, 0.3) is 5.91 Å². The summed E-state index contributed by atoms with van der Waals surface area (Å²) in [6, 6.07) is 17.6. The summed E-state index contributed by atoms with van der Waals surface area (Å²) in [5.41, 5.74) is 2.45. The highest BCUT2D eigenvalue weighted by atomic mass is 16.5. The molecule has 2 fully saturated rings. The summed E-state index contributed by atoms with van der Waals surface area (Å²) in [6.45, 7) is 2.36.